The summed E-state index contributed by atoms with van der Waals surface area (Å²) in [6, 6.07) is 2.92. The Kier molecular flexibility index (Phi) is 5.96. The van der Waals surface area contributed by atoms with Gasteiger partial charge in [-0.15, -0.1) is 0 Å². The maximum Gasteiger partial charge on any atom is 1.00 e. The molecule has 1 heterocycles. The first-order chi connectivity index (χ1) is 7.79. The molecular weight excluding hydrogens is 231 g/mol. The molecule has 1 aromatic heterocycles. The van der Waals surface area contributed by atoms with Crippen molar-refractivity contribution in [2.75, 3.05) is 0 Å². The van der Waals surface area contributed by atoms with Gasteiger partial charge in [-0.2, -0.15) is 0 Å². The fraction of sp³-hybridized carbons (Fsp3) is 0.333. The second kappa shape index (κ2) is 6.48. The summed E-state index contributed by atoms with van der Waals surface area (Å²) in [5.41, 5.74) is -0.770. The first-order valence-electron chi connectivity index (χ1n) is 4.99. The third-order valence-electron chi connectivity index (χ3n) is 1.63. The van der Waals surface area contributed by atoms with Crippen LogP contribution in [-0.2, 0) is 14.3 Å². The van der Waals surface area contributed by atoms with Gasteiger partial charge >= 0.3 is 24.8 Å². The first kappa shape index (κ1) is 16.6. The van der Waals surface area contributed by atoms with Gasteiger partial charge in [-0.3, -0.25) is 4.79 Å². The summed E-state index contributed by atoms with van der Waals surface area (Å²) < 4.78 is 9.61. The van der Waals surface area contributed by atoms with Crippen LogP contribution in [0, 0.1) is 0 Å². The van der Waals surface area contributed by atoms with Crippen molar-refractivity contribution in [1.29, 1.82) is 0 Å². The standard InChI is InChI=1S/C12H14O5.Li/c1-12(2,3)17-11(15)9(14)7-8(13)10-5-4-6-16-10;/h4-7,13H,1-3H3;/q;+1/p-1/b8-7-;. The molecule has 0 amide bonds. The number of furan rings is 1. The van der Waals surface area contributed by atoms with Crippen molar-refractivity contribution in [2.24, 2.45) is 0 Å². The van der Waals surface area contributed by atoms with Crippen molar-refractivity contribution < 1.29 is 42.7 Å². The maximum atomic E-state index is 11.4. The summed E-state index contributed by atoms with van der Waals surface area (Å²) >= 11 is 0. The largest absolute Gasteiger partial charge is 1.00 e. The molecule has 0 unspecified atom stereocenters. The number of rotatable bonds is 3. The van der Waals surface area contributed by atoms with E-state index in [9.17, 15) is 14.7 Å². The second-order valence-electron chi connectivity index (χ2n) is 4.35. The Morgan fingerprint density at radius 3 is 2.44 bits per heavy atom. The van der Waals surface area contributed by atoms with Crippen LogP contribution in [0.2, 0.25) is 0 Å². The van der Waals surface area contributed by atoms with Gasteiger partial charge in [-0.25, -0.2) is 4.79 Å². The zero-order valence-electron chi connectivity index (χ0n) is 10.9. The van der Waals surface area contributed by atoms with Crippen molar-refractivity contribution in [3.63, 3.8) is 0 Å². The number of hydrogen-bond acceptors (Lipinski definition) is 5. The van der Waals surface area contributed by atoms with Gasteiger partial charge in [0.25, 0.3) is 5.78 Å². The summed E-state index contributed by atoms with van der Waals surface area (Å²) in [5, 5.41) is 11.4. The van der Waals surface area contributed by atoms with E-state index in [4.69, 9.17) is 9.15 Å². The monoisotopic (exact) mass is 244 g/mol. The zero-order valence-corrected chi connectivity index (χ0v) is 10.9. The molecule has 0 radical (unpaired) electrons. The fourth-order valence-corrected chi connectivity index (χ4v) is 0.996. The Morgan fingerprint density at radius 1 is 1.39 bits per heavy atom. The number of carbonyl (C=O) groups is 2. The van der Waals surface area contributed by atoms with Gasteiger partial charge < -0.3 is 14.3 Å². The van der Waals surface area contributed by atoms with Gasteiger partial charge in [-0.05, 0) is 39.0 Å². The van der Waals surface area contributed by atoms with E-state index < -0.39 is 23.1 Å². The van der Waals surface area contributed by atoms with Crippen LogP contribution in [0.15, 0.2) is 28.9 Å². The topological polar surface area (TPSA) is 79.6 Å². The van der Waals surface area contributed by atoms with Crippen LogP contribution in [0.5, 0.6) is 0 Å². The predicted octanol–water partition coefficient (Wildman–Crippen LogP) is -2.10. The molecule has 0 aliphatic heterocycles. The summed E-state index contributed by atoms with van der Waals surface area (Å²) in [6.45, 7) is 4.89. The van der Waals surface area contributed by atoms with Gasteiger partial charge in [0.15, 0.2) is 0 Å². The van der Waals surface area contributed by atoms with Crippen LogP contribution in [0.1, 0.15) is 26.5 Å². The Labute approximate surface area is 117 Å². The molecule has 0 fully saturated rings. The number of esters is 1. The van der Waals surface area contributed by atoms with Gasteiger partial charge in [0.05, 0.1) is 6.26 Å². The summed E-state index contributed by atoms with van der Waals surface area (Å²) in [7, 11) is 0. The van der Waals surface area contributed by atoms with E-state index in [-0.39, 0.29) is 24.6 Å². The van der Waals surface area contributed by atoms with E-state index in [1.165, 1.54) is 18.4 Å². The maximum absolute atomic E-state index is 11.4. The van der Waals surface area contributed by atoms with E-state index in [1.807, 2.05) is 0 Å². The van der Waals surface area contributed by atoms with Gasteiger partial charge in [0, 0.05) is 0 Å². The quantitative estimate of drug-likeness (QED) is 0.200. The van der Waals surface area contributed by atoms with E-state index in [2.05, 4.69) is 0 Å². The van der Waals surface area contributed by atoms with Gasteiger partial charge in [0.2, 0.25) is 0 Å². The van der Waals surface area contributed by atoms with E-state index in [0.717, 1.165) is 0 Å². The third-order valence-corrected chi connectivity index (χ3v) is 1.63. The average Bonchev–Trinajstić information content (AvgIpc) is 2.67. The number of carbonyl (C=O) groups excluding carboxylic acids is 2. The molecule has 0 N–H and O–H groups in total. The van der Waals surface area contributed by atoms with Gasteiger partial charge in [-0.1, -0.05) is 5.76 Å². The van der Waals surface area contributed by atoms with Crippen molar-refractivity contribution in [3.8, 4) is 0 Å². The molecule has 0 aliphatic rings. The van der Waals surface area contributed by atoms with Crippen molar-refractivity contribution >= 4 is 17.5 Å². The molecule has 0 saturated heterocycles. The number of hydrogen-bond donors (Lipinski definition) is 0. The molecular formula is C12H13LiO5. The Morgan fingerprint density at radius 2 is 2.00 bits per heavy atom. The predicted molar refractivity (Wildman–Crippen MR) is 57.5 cm³/mol. The Hall–Kier alpha value is -1.44. The minimum atomic E-state index is -1.06. The normalized spacial score (nSPS) is 11.6. The van der Waals surface area contributed by atoms with Crippen molar-refractivity contribution in [1.82, 2.24) is 0 Å². The molecule has 92 valence electrons. The van der Waals surface area contributed by atoms with Crippen LogP contribution < -0.4 is 24.0 Å². The number of ether oxygens (including phenoxy) is 1. The molecule has 1 aromatic rings. The van der Waals surface area contributed by atoms with Crippen LogP contribution >= 0.6 is 0 Å². The van der Waals surface area contributed by atoms with E-state index in [0.29, 0.717) is 6.08 Å². The molecule has 0 bridgehead atoms. The van der Waals surface area contributed by atoms with Crippen molar-refractivity contribution in [2.45, 2.75) is 26.4 Å². The molecule has 6 heteroatoms. The van der Waals surface area contributed by atoms with Crippen molar-refractivity contribution in [3.05, 3.63) is 30.2 Å². The molecule has 0 spiro atoms. The molecule has 1 rings (SSSR count). The van der Waals surface area contributed by atoms with Gasteiger partial charge in [0.1, 0.15) is 11.4 Å². The Balaban J connectivity index is 0.00000289. The summed E-state index contributed by atoms with van der Waals surface area (Å²) in [6.07, 6.45) is 1.96. The van der Waals surface area contributed by atoms with Crippen LogP contribution in [0.4, 0.5) is 0 Å². The summed E-state index contributed by atoms with van der Waals surface area (Å²) in [5.74, 6) is -2.72. The first-order valence-corrected chi connectivity index (χ1v) is 4.99. The van der Waals surface area contributed by atoms with Crippen LogP contribution in [0.3, 0.4) is 0 Å². The Bertz CT molecular complexity index is 440. The molecule has 18 heavy (non-hydrogen) atoms. The fourth-order valence-electron chi connectivity index (χ4n) is 0.996. The molecule has 0 atom stereocenters. The van der Waals surface area contributed by atoms with Crippen LogP contribution in [-0.4, -0.2) is 17.4 Å². The van der Waals surface area contributed by atoms with E-state index >= 15 is 0 Å². The van der Waals surface area contributed by atoms with E-state index in [1.54, 1.807) is 20.8 Å². The minimum Gasteiger partial charge on any atom is -0.870 e. The number of ketones is 1. The van der Waals surface area contributed by atoms with Crippen LogP contribution in [0.25, 0.3) is 5.76 Å². The average molecular weight is 244 g/mol. The molecule has 5 nitrogen and oxygen atoms in total. The molecule has 0 aromatic carbocycles. The SMILES string of the molecule is CC(C)(C)OC(=O)C(=O)/C=C(\[O-])c1ccco1.[Li+]. The second-order valence-corrected chi connectivity index (χ2v) is 4.35. The summed E-state index contributed by atoms with van der Waals surface area (Å²) in [4.78, 5) is 22.6. The zero-order chi connectivity index (χ0) is 13.1. The third kappa shape index (κ3) is 5.26. The minimum absolute atomic E-state index is 0. The molecule has 0 aliphatic carbocycles. The molecule has 0 saturated carbocycles. The smallest absolute Gasteiger partial charge is 0.870 e.